The molecule has 2 atom stereocenters. The molecule has 0 spiro atoms. The number of carboxylic acid groups (broad SMARTS) is 1. The lowest BCUT2D eigenvalue weighted by Gasteiger charge is -2.20. The molecule has 0 unspecified atom stereocenters. The van der Waals surface area contributed by atoms with Crippen molar-refractivity contribution in [1.29, 1.82) is 0 Å². The van der Waals surface area contributed by atoms with Crippen LogP contribution in [0.1, 0.15) is 24.8 Å². The molecule has 1 aliphatic rings. The number of likely N-dealkylation sites (tertiary alicyclic amines) is 1. The maximum Gasteiger partial charge on any atom is 0.317 e. The van der Waals surface area contributed by atoms with Crippen LogP contribution < -0.4 is 14.8 Å². The number of carbonyl (C=O) groups excluding carboxylic acids is 1. The molecule has 0 bridgehead atoms. The summed E-state index contributed by atoms with van der Waals surface area (Å²) in [7, 11) is 3.06. The fourth-order valence-electron chi connectivity index (χ4n) is 3.08. The molecule has 1 aromatic rings. The summed E-state index contributed by atoms with van der Waals surface area (Å²) in [6, 6.07) is 5.16. The molecular weight excluding hydrogens is 312 g/mol. The molecule has 7 nitrogen and oxygen atoms in total. The summed E-state index contributed by atoms with van der Waals surface area (Å²) in [4.78, 5) is 25.4. The molecule has 1 aromatic carbocycles. The Balaban J connectivity index is 2.31. The Labute approximate surface area is 141 Å². The van der Waals surface area contributed by atoms with E-state index in [4.69, 9.17) is 9.47 Å². The predicted molar refractivity (Wildman–Crippen MR) is 88.7 cm³/mol. The van der Waals surface area contributed by atoms with Gasteiger partial charge in [0.2, 0.25) is 0 Å². The van der Waals surface area contributed by atoms with Gasteiger partial charge in [-0.1, -0.05) is 19.1 Å². The van der Waals surface area contributed by atoms with Crippen molar-refractivity contribution in [1.82, 2.24) is 10.2 Å². The third-order valence-corrected chi connectivity index (χ3v) is 4.28. The minimum atomic E-state index is -0.921. The SMILES string of the molecule is CCCNC(=O)N1C[C@H](C(=O)O)[C@@H](c2cccc(OC)c2OC)C1. The van der Waals surface area contributed by atoms with Crippen LogP contribution in [-0.2, 0) is 4.79 Å². The zero-order valence-electron chi connectivity index (χ0n) is 14.2. The molecule has 2 rings (SSSR count). The van der Waals surface area contributed by atoms with Gasteiger partial charge in [-0.25, -0.2) is 4.79 Å². The van der Waals surface area contributed by atoms with Crippen LogP contribution in [-0.4, -0.2) is 55.9 Å². The Bertz CT molecular complexity index is 605. The number of aliphatic carboxylic acids is 1. The van der Waals surface area contributed by atoms with Gasteiger partial charge in [-0.3, -0.25) is 4.79 Å². The molecule has 132 valence electrons. The van der Waals surface area contributed by atoms with Crippen LogP contribution in [0.3, 0.4) is 0 Å². The minimum absolute atomic E-state index is 0.176. The number of ether oxygens (including phenoxy) is 2. The van der Waals surface area contributed by atoms with E-state index in [2.05, 4.69) is 5.32 Å². The Kier molecular flexibility index (Phi) is 5.89. The maximum absolute atomic E-state index is 12.2. The Hall–Kier alpha value is -2.44. The number of rotatable bonds is 6. The third-order valence-electron chi connectivity index (χ3n) is 4.28. The van der Waals surface area contributed by atoms with E-state index >= 15 is 0 Å². The first-order valence-electron chi connectivity index (χ1n) is 7.99. The summed E-state index contributed by atoms with van der Waals surface area (Å²) in [5, 5.41) is 12.4. The van der Waals surface area contributed by atoms with Crippen LogP contribution in [0.5, 0.6) is 11.5 Å². The van der Waals surface area contributed by atoms with Gasteiger partial charge in [-0.2, -0.15) is 0 Å². The standard InChI is InChI=1S/C17H24N2O5/c1-4-8-18-17(22)19-9-12(13(10-19)16(20)21)11-6-5-7-14(23-2)15(11)24-3/h5-7,12-13H,4,8-10H2,1-3H3,(H,18,22)(H,20,21)/t12-,13+/m1/s1. The molecule has 0 radical (unpaired) electrons. The van der Waals surface area contributed by atoms with Crippen molar-refractivity contribution < 1.29 is 24.2 Å². The number of urea groups is 1. The molecule has 1 saturated heterocycles. The van der Waals surface area contributed by atoms with E-state index in [-0.39, 0.29) is 18.5 Å². The topological polar surface area (TPSA) is 88.1 Å². The van der Waals surface area contributed by atoms with Gasteiger partial charge in [0.15, 0.2) is 11.5 Å². The fourth-order valence-corrected chi connectivity index (χ4v) is 3.08. The van der Waals surface area contributed by atoms with Gasteiger partial charge < -0.3 is 24.8 Å². The van der Waals surface area contributed by atoms with Gasteiger partial charge in [-0.15, -0.1) is 0 Å². The molecule has 0 saturated carbocycles. The monoisotopic (exact) mass is 336 g/mol. The van der Waals surface area contributed by atoms with Crippen molar-refractivity contribution in [2.45, 2.75) is 19.3 Å². The van der Waals surface area contributed by atoms with E-state index in [1.165, 1.54) is 14.2 Å². The fraction of sp³-hybridized carbons (Fsp3) is 0.529. The number of nitrogens with zero attached hydrogens (tertiary/aromatic N) is 1. The van der Waals surface area contributed by atoms with E-state index in [9.17, 15) is 14.7 Å². The Morgan fingerprint density at radius 1 is 1.29 bits per heavy atom. The number of methoxy groups -OCH3 is 2. The summed E-state index contributed by atoms with van der Waals surface area (Å²) in [6.45, 7) is 3.04. The van der Waals surface area contributed by atoms with Crippen molar-refractivity contribution in [3.05, 3.63) is 23.8 Å². The first-order valence-corrected chi connectivity index (χ1v) is 7.99. The van der Waals surface area contributed by atoms with Crippen LogP contribution in [0, 0.1) is 5.92 Å². The zero-order chi connectivity index (χ0) is 17.7. The molecule has 24 heavy (non-hydrogen) atoms. The van der Waals surface area contributed by atoms with Gasteiger partial charge in [0.25, 0.3) is 0 Å². The smallest absolute Gasteiger partial charge is 0.317 e. The molecular formula is C17H24N2O5. The normalized spacial score (nSPS) is 19.9. The lowest BCUT2D eigenvalue weighted by molar-refractivity contribution is -0.141. The lowest BCUT2D eigenvalue weighted by atomic mass is 9.88. The Morgan fingerprint density at radius 2 is 2.04 bits per heavy atom. The second kappa shape index (κ2) is 7.90. The molecule has 2 N–H and O–H groups in total. The molecule has 7 heteroatoms. The summed E-state index contributed by atoms with van der Waals surface area (Å²) >= 11 is 0. The summed E-state index contributed by atoms with van der Waals surface area (Å²) in [6.07, 6.45) is 0.828. The van der Waals surface area contributed by atoms with Crippen LogP contribution in [0.25, 0.3) is 0 Å². The van der Waals surface area contributed by atoms with Crippen molar-refractivity contribution in [3.63, 3.8) is 0 Å². The van der Waals surface area contributed by atoms with Crippen LogP contribution >= 0.6 is 0 Å². The second-order valence-corrected chi connectivity index (χ2v) is 5.77. The van der Waals surface area contributed by atoms with Gasteiger partial charge in [-0.05, 0) is 12.5 Å². The number of hydrogen-bond donors (Lipinski definition) is 2. The predicted octanol–water partition coefficient (Wildman–Crippen LogP) is 1.92. The highest BCUT2D eigenvalue weighted by Crippen LogP contribution is 2.41. The number of amides is 2. The Morgan fingerprint density at radius 3 is 2.62 bits per heavy atom. The van der Waals surface area contributed by atoms with Crippen LogP contribution in [0.2, 0.25) is 0 Å². The number of benzene rings is 1. The lowest BCUT2D eigenvalue weighted by Crippen LogP contribution is -2.39. The van der Waals surface area contributed by atoms with Gasteiger partial charge in [0, 0.05) is 31.1 Å². The summed E-state index contributed by atoms with van der Waals surface area (Å²) in [5.41, 5.74) is 0.745. The highest BCUT2D eigenvalue weighted by molar-refractivity contribution is 5.78. The number of nitrogens with one attached hydrogen (secondary N) is 1. The van der Waals surface area contributed by atoms with Gasteiger partial charge >= 0.3 is 12.0 Å². The van der Waals surface area contributed by atoms with Crippen molar-refractivity contribution in [2.75, 3.05) is 33.9 Å². The molecule has 1 heterocycles. The largest absolute Gasteiger partial charge is 0.493 e. The summed E-state index contributed by atoms with van der Waals surface area (Å²) in [5.74, 6) is -0.880. The second-order valence-electron chi connectivity index (χ2n) is 5.77. The van der Waals surface area contributed by atoms with E-state index in [0.717, 1.165) is 12.0 Å². The first kappa shape index (κ1) is 17.9. The van der Waals surface area contributed by atoms with Crippen LogP contribution in [0.4, 0.5) is 4.79 Å². The summed E-state index contributed by atoms with van der Waals surface area (Å²) < 4.78 is 10.7. The number of carboxylic acids is 1. The third kappa shape index (κ3) is 3.55. The van der Waals surface area contributed by atoms with E-state index in [1.807, 2.05) is 13.0 Å². The van der Waals surface area contributed by atoms with E-state index < -0.39 is 11.9 Å². The van der Waals surface area contributed by atoms with Crippen molar-refractivity contribution >= 4 is 12.0 Å². The average molecular weight is 336 g/mol. The van der Waals surface area contributed by atoms with Crippen molar-refractivity contribution in [3.8, 4) is 11.5 Å². The van der Waals surface area contributed by atoms with Crippen molar-refractivity contribution in [2.24, 2.45) is 5.92 Å². The zero-order valence-corrected chi connectivity index (χ0v) is 14.2. The molecule has 0 aromatic heterocycles. The number of carbonyl (C=O) groups is 2. The van der Waals surface area contributed by atoms with E-state index in [0.29, 0.717) is 24.6 Å². The van der Waals surface area contributed by atoms with Crippen LogP contribution in [0.15, 0.2) is 18.2 Å². The molecule has 1 fully saturated rings. The molecule has 2 amide bonds. The maximum atomic E-state index is 12.2. The number of para-hydroxylation sites is 1. The highest BCUT2D eigenvalue weighted by atomic mass is 16.5. The minimum Gasteiger partial charge on any atom is -0.493 e. The first-order chi connectivity index (χ1) is 11.5. The molecule has 0 aliphatic carbocycles. The average Bonchev–Trinajstić information content (AvgIpc) is 3.04. The highest BCUT2D eigenvalue weighted by Gasteiger charge is 2.42. The number of hydrogen-bond acceptors (Lipinski definition) is 4. The van der Waals surface area contributed by atoms with Gasteiger partial charge in [0.05, 0.1) is 20.1 Å². The van der Waals surface area contributed by atoms with E-state index in [1.54, 1.807) is 17.0 Å². The van der Waals surface area contributed by atoms with Gasteiger partial charge in [0.1, 0.15) is 0 Å². The quantitative estimate of drug-likeness (QED) is 0.829. The molecule has 1 aliphatic heterocycles.